The molecule has 0 unspecified atom stereocenters. The zero-order valence-corrected chi connectivity index (χ0v) is 54.9. The molecule has 0 bridgehead atoms. The minimum Gasteiger partial charge on any atom is -0.395 e. The number of oxazole rings is 1. The summed E-state index contributed by atoms with van der Waals surface area (Å²) in [5, 5.41) is 5.60. The molecule has 0 aliphatic carbocycles. The van der Waals surface area contributed by atoms with E-state index >= 15 is 0 Å². The van der Waals surface area contributed by atoms with Crippen molar-refractivity contribution in [2.75, 3.05) is 0 Å². The molecular formula is C73H51N28OS+5. The normalized spacial score (nSPS) is 13.5. The molecule has 0 fully saturated rings. The fraction of sp³-hybridized carbons (Fsp3) is 0.0959. The summed E-state index contributed by atoms with van der Waals surface area (Å²) in [6, 6.07) is 32.0. The van der Waals surface area contributed by atoms with Crippen LogP contribution in [0.4, 0.5) is 0 Å². The molecule has 1 aromatic carbocycles. The van der Waals surface area contributed by atoms with Crippen LogP contribution in [0.1, 0.15) is 31.9 Å². The summed E-state index contributed by atoms with van der Waals surface area (Å²) in [5.41, 5.74) is 21.3. The lowest BCUT2D eigenvalue weighted by molar-refractivity contribution is -0.651. The van der Waals surface area contributed by atoms with Crippen LogP contribution in [-0.2, 0) is 46.7 Å². The van der Waals surface area contributed by atoms with Crippen LogP contribution in [0.15, 0.2) is 219 Å². The number of nitrogens with zero attached hydrogens (tertiary/aromatic N) is 28. The second-order valence-electron chi connectivity index (χ2n) is 25.2. The van der Waals surface area contributed by atoms with E-state index in [9.17, 15) is 0 Å². The van der Waals surface area contributed by atoms with E-state index in [4.69, 9.17) is 13.5 Å². The van der Waals surface area contributed by atoms with Gasteiger partial charge in [-0.3, -0.25) is 24.9 Å². The maximum absolute atomic E-state index is 7.95. The highest BCUT2D eigenvalue weighted by Crippen LogP contribution is 2.38. The number of hydrogen-bond acceptors (Lipinski definition) is 17. The molecule has 0 N–H and O–H groups in total. The Hall–Kier alpha value is -14.2. The van der Waals surface area contributed by atoms with Gasteiger partial charge < -0.3 is 4.42 Å². The topological polar surface area (TPSA) is 263 Å². The molecule has 490 valence electrons. The lowest BCUT2D eigenvalue weighted by Gasteiger charge is -2.02. The Balaban J connectivity index is 0.0000000830. The van der Waals surface area contributed by atoms with Gasteiger partial charge in [0.05, 0.1) is 84.2 Å². The van der Waals surface area contributed by atoms with E-state index in [1.54, 1.807) is 67.0 Å². The molecule has 20 aromatic heterocycles. The van der Waals surface area contributed by atoms with Gasteiger partial charge >= 0.3 is 28.7 Å². The number of thiazole rings is 1. The van der Waals surface area contributed by atoms with Gasteiger partial charge in [-0.1, -0.05) is 29.5 Å². The summed E-state index contributed by atoms with van der Waals surface area (Å²) >= 11 is 1.73. The molecule has 21 aromatic rings. The van der Waals surface area contributed by atoms with Crippen LogP contribution in [-0.4, -0.2) is 111 Å². The molecule has 0 atom stereocenters. The maximum atomic E-state index is 7.95. The number of aromatic nitrogens is 28. The van der Waals surface area contributed by atoms with Gasteiger partial charge in [0.2, 0.25) is 22.3 Å². The van der Waals surface area contributed by atoms with E-state index in [1.165, 1.54) is 43.0 Å². The first-order valence-electron chi connectivity index (χ1n) is 34.4. The van der Waals surface area contributed by atoms with Crippen LogP contribution in [0.5, 0.6) is 0 Å². The third-order valence-corrected chi connectivity index (χ3v) is 20.7. The Kier molecular flexibility index (Phi) is 11.3. The monoisotopic (exact) mass is 1370 g/mol. The number of rotatable bonds is 1. The minimum absolute atomic E-state index is 0.410. The molecule has 0 saturated heterocycles. The van der Waals surface area contributed by atoms with Gasteiger partial charge in [0.25, 0.3) is 56.9 Å². The third kappa shape index (κ3) is 8.27. The number of pyridine rings is 5. The zero-order chi connectivity index (χ0) is 70.2. The predicted octanol–water partition coefficient (Wildman–Crippen LogP) is 7.09. The van der Waals surface area contributed by atoms with E-state index in [0.717, 1.165) is 127 Å². The highest BCUT2D eigenvalue weighted by molar-refractivity contribution is 7.20. The number of benzene rings is 1. The predicted molar refractivity (Wildman–Crippen MR) is 373 cm³/mol. The zero-order valence-electron chi connectivity index (χ0n) is 57.1. The van der Waals surface area contributed by atoms with Crippen LogP contribution in [0, 0.1) is 0 Å². The fourth-order valence-electron chi connectivity index (χ4n) is 15.1. The van der Waals surface area contributed by atoms with Crippen molar-refractivity contribution >= 4 is 95.8 Å². The Labute approximate surface area is 586 Å². The van der Waals surface area contributed by atoms with Crippen molar-refractivity contribution in [1.82, 2.24) is 111 Å². The van der Waals surface area contributed by atoms with E-state index in [2.05, 4.69) is 132 Å². The van der Waals surface area contributed by atoms with Crippen LogP contribution >= 0.6 is 11.3 Å². The quantitative estimate of drug-likeness (QED) is 0.149. The van der Waals surface area contributed by atoms with Crippen molar-refractivity contribution in [3.63, 3.8) is 0 Å². The van der Waals surface area contributed by atoms with Gasteiger partial charge in [0, 0.05) is 127 Å². The van der Waals surface area contributed by atoms with Crippen molar-refractivity contribution < 1.29 is 31.4 Å². The van der Waals surface area contributed by atoms with Crippen molar-refractivity contribution in [1.29, 1.82) is 0 Å². The molecular weight excluding hydrogens is 1320 g/mol. The van der Waals surface area contributed by atoms with E-state index in [-0.39, 0.29) is 0 Å². The SMILES string of the molecule is Cn1c2[n+](c3c1nc1ncccn13)Cc1ccncc1-2.[2H]C([2H])([2H])n1c2[n+](c3c1nc1ncccn13)Cc1ccncc1-2.c1ccc(-n2c3[n+](c4c2nc2ncccn24)Cc2ccncc2-3)cc1.c1cnc2nc3oc4[n+](c3n2c1)Cc1ccncc1-4.c1cnn2c(c1)nc1c2sc2[n+]1Cc1ccncc1-2. The number of hydrogen-bond donors (Lipinski definition) is 0. The summed E-state index contributed by atoms with van der Waals surface area (Å²) < 4.78 is 56.0. The van der Waals surface area contributed by atoms with E-state index < -0.39 is 6.98 Å². The lowest BCUT2D eigenvalue weighted by atomic mass is 10.2. The third-order valence-electron chi connectivity index (χ3n) is 19.6. The Morgan fingerprint density at radius 1 is 0.417 bits per heavy atom. The Morgan fingerprint density at radius 2 is 0.883 bits per heavy atom. The largest absolute Gasteiger partial charge is 0.395 e. The number of fused-ring (bicyclic) bond motifs is 35. The van der Waals surface area contributed by atoms with Crippen molar-refractivity contribution in [3.8, 4) is 61.9 Å². The summed E-state index contributed by atoms with van der Waals surface area (Å²) in [5.74, 6) is 6.29. The summed E-state index contributed by atoms with van der Waals surface area (Å²) in [6.07, 6.45) is 34.9. The second kappa shape index (κ2) is 21.7. The van der Waals surface area contributed by atoms with Gasteiger partial charge in [0.15, 0.2) is 5.01 Å². The Morgan fingerprint density at radius 3 is 1.48 bits per heavy atom. The lowest BCUT2D eigenvalue weighted by Crippen LogP contribution is -2.32. The standard InChI is InChI=1S/C19H13N6.2C14H11N6.C13H8N5O.C13H8N5S/c1-2-5-14(6-3-1)25-16-18(23-10-4-8-21-19(23)22-16)24-12-13-7-9-20-11-15(13)17(24)25;2*1-18-11-13(19-6-2-4-16-14(19)17-11)20-8-9-3-5-15-7-10(9)12(18)20;1-3-15-13-16-10-11(17(13)5-1)18-7-8-2-4-14-6-9(8)12(18)19-10;1-2-10-16-11-13(18(10)15-4-1)19-12-9-6-14-5-3-8(9)7-17(11)12/h1-11H,12H2;2*2-7H,8H2,1H3;2*1-6H,7H2/q5*+1/i;1D3;;;. The van der Waals surface area contributed by atoms with E-state index in [1.807, 2.05) is 158 Å². The molecule has 29 nitrogen and oxygen atoms in total. The minimum atomic E-state index is -2.34. The van der Waals surface area contributed by atoms with Crippen LogP contribution in [0.3, 0.4) is 0 Å². The van der Waals surface area contributed by atoms with Gasteiger partial charge in [-0.15, -0.1) is 4.98 Å². The number of imidazole rings is 8. The van der Waals surface area contributed by atoms with E-state index in [0.29, 0.717) is 41.1 Å². The highest BCUT2D eigenvalue weighted by atomic mass is 32.1. The van der Waals surface area contributed by atoms with Gasteiger partial charge in [-0.25, -0.2) is 46.9 Å². The molecule has 0 radical (unpaired) electrons. The summed E-state index contributed by atoms with van der Waals surface area (Å²) in [4.78, 5) is 62.3. The first-order chi connectivity index (χ1) is 52.1. The second-order valence-corrected chi connectivity index (χ2v) is 26.1. The summed E-state index contributed by atoms with van der Waals surface area (Å²) in [7, 11) is 2.04. The molecule has 103 heavy (non-hydrogen) atoms. The average molecular weight is 1370 g/mol. The molecule has 30 heteroatoms. The van der Waals surface area contributed by atoms with Gasteiger partial charge in [-0.2, -0.15) is 51.7 Å². The smallest absolute Gasteiger partial charge is 0.363 e. The number of aryl methyl sites for hydroxylation is 2. The van der Waals surface area contributed by atoms with Crippen molar-refractivity contribution in [2.24, 2.45) is 14.0 Å². The molecule has 0 saturated carbocycles. The first-order valence-corrected chi connectivity index (χ1v) is 33.8. The molecule has 26 rings (SSSR count). The van der Waals surface area contributed by atoms with Crippen LogP contribution in [0.2, 0.25) is 0 Å². The van der Waals surface area contributed by atoms with Crippen molar-refractivity contribution in [3.05, 3.63) is 243 Å². The first kappa shape index (κ1) is 53.8. The average Bonchev–Trinajstić information content (AvgIpc) is 1.55. The maximum Gasteiger partial charge on any atom is 0.363 e. The molecule has 5 aliphatic rings. The molecule has 0 amide bonds. The molecule has 5 aliphatic heterocycles. The van der Waals surface area contributed by atoms with Gasteiger partial charge in [-0.05, 0) is 77.8 Å². The highest BCUT2D eigenvalue weighted by Gasteiger charge is 2.40. The Bertz CT molecular complexity index is 7240. The summed E-state index contributed by atoms with van der Waals surface area (Å²) in [6.45, 7) is 1.57. The van der Waals surface area contributed by atoms with Crippen LogP contribution < -0.4 is 22.8 Å². The van der Waals surface area contributed by atoms with Gasteiger partial charge in [0.1, 0.15) is 25.0 Å². The van der Waals surface area contributed by atoms with Crippen molar-refractivity contribution in [2.45, 2.75) is 32.7 Å². The van der Waals surface area contributed by atoms with Crippen LogP contribution in [0.25, 0.3) is 146 Å². The molecule has 0 spiro atoms. The number of para-hydroxylation sites is 1. The fourth-order valence-corrected chi connectivity index (χ4v) is 16.3. The molecule has 25 heterocycles.